The fraction of sp³-hybridized carbons (Fsp3) is 0.700. The SMILES string of the molecule is CCc1cnc(CNS(=O)(=O)CCCCN)o1. The van der Waals surface area contributed by atoms with Gasteiger partial charge >= 0.3 is 0 Å². The van der Waals surface area contributed by atoms with Crippen molar-refractivity contribution in [3.8, 4) is 0 Å². The maximum Gasteiger partial charge on any atom is 0.212 e. The molecule has 1 aromatic heterocycles. The van der Waals surface area contributed by atoms with Crippen molar-refractivity contribution in [3.63, 3.8) is 0 Å². The van der Waals surface area contributed by atoms with E-state index in [9.17, 15) is 8.42 Å². The molecule has 0 fully saturated rings. The van der Waals surface area contributed by atoms with E-state index in [0.717, 1.165) is 12.2 Å². The average Bonchev–Trinajstić information content (AvgIpc) is 2.75. The molecule has 1 rings (SSSR count). The number of nitrogens with zero attached hydrogens (tertiary/aromatic N) is 1. The number of oxazole rings is 1. The van der Waals surface area contributed by atoms with Gasteiger partial charge in [-0.05, 0) is 19.4 Å². The van der Waals surface area contributed by atoms with Crippen LogP contribution in [0.1, 0.15) is 31.4 Å². The number of rotatable bonds is 8. The van der Waals surface area contributed by atoms with Gasteiger partial charge in [0.25, 0.3) is 0 Å². The Kier molecular flexibility index (Phi) is 5.60. The van der Waals surface area contributed by atoms with Crippen molar-refractivity contribution < 1.29 is 12.8 Å². The molecule has 17 heavy (non-hydrogen) atoms. The minimum Gasteiger partial charge on any atom is -0.444 e. The van der Waals surface area contributed by atoms with Gasteiger partial charge in [-0.2, -0.15) is 0 Å². The molecule has 1 aromatic rings. The summed E-state index contributed by atoms with van der Waals surface area (Å²) in [7, 11) is -3.26. The summed E-state index contributed by atoms with van der Waals surface area (Å²) in [5.74, 6) is 1.23. The van der Waals surface area contributed by atoms with Crippen LogP contribution in [0.25, 0.3) is 0 Å². The number of nitrogens with one attached hydrogen (secondary N) is 1. The molecule has 0 unspecified atom stereocenters. The number of aryl methyl sites for hydroxylation is 1. The number of hydrogen-bond acceptors (Lipinski definition) is 5. The molecule has 0 aliphatic carbocycles. The normalized spacial score (nSPS) is 11.9. The molecule has 6 nitrogen and oxygen atoms in total. The molecule has 0 aromatic carbocycles. The van der Waals surface area contributed by atoms with Crippen LogP contribution in [0.15, 0.2) is 10.6 Å². The maximum absolute atomic E-state index is 11.5. The topological polar surface area (TPSA) is 98.2 Å². The highest BCUT2D eigenvalue weighted by Crippen LogP contribution is 2.04. The minimum atomic E-state index is -3.26. The second kappa shape index (κ2) is 6.73. The van der Waals surface area contributed by atoms with Crippen LogP contribution < -0.4 is 10.5 Å². The van der Waals surface area contributed by atoms with E-state index in [-0.39, 0.29) is 12.3 Å². The molecule has 0 saturated carbocycles. The summed E-state index contributed by atoms with van der Waals surface area (Å²) in [6.45, 7) is 2.56. The third kappa shape index (κ3) is 5.29. The molecule has 98 valence electrons. The summed E-state index contributed by atoms with van der Waals surface area (Å²) in [5, 5.41) is 0. The van der Waals surface area contributed by atoms with E-state index in [4.69, 9.17) is 10.2 Å². The number of hydrogen-bond donors (Lipinski definition) is 2. The Hall–Kier alpha value is -0.920. The number of aromatic nitrogens is 1. The van der Waals surface area contributed by atoms with Crippen LogP contribution in [-0.2, 0) is 23.0 Å². The van der Waals surface area contributed by atoms with Gasteiger partial charge in [0.15, 0.2) is 0 Å². The molecule has 0 aliphatic heterocycles. The van der Waals surface area contributed by atoms with Gasteiger partial charge in [0.05, 0.1) is 18.5 Å². The Balaban J connectivity index is 2.38. The fourth-order valence-electron chi connectivity index (χ4n) is 1.27. The monoisotopic (exact) mass is 261 g/mol. The van der Waals surface area contributed by atoms with Crippen molar-refractivity contribution in [2.75, 3.05) is 12.3 Å². The van der Waals surface area contributed by atoms with Gasteiger partial charge in [-0.15, -0.1) is 0 Å². The lowest BCUT2D eigenvalue weighted by molar-refractivity contribution is 0.452. The summed E-state index contributed by atoms with van der Waals surface area (Å²) >= 11 is 0. The molecule has 0 saturated heterocycles. The van der Waals surface area contributed by atoms with Gasteiger partial charge in [0.1, 0.15) is 5.76 Å². The summed E-state index contributed by atoms with van der Waals surface area (Å²) in [6.07, 6.45) is 3.63. The standard InChI is InChI=1S/C10H19N3O3S/c1-2-9-7-12-10(16-9)8-13-17(14,15)6-4-3-5-11/h7,13H,2-6,8,11H2,1H3. The van der Waals surface area contributed by atoms with E-state index < -0.39 is 10.0 Å². The zero-order chi connectivity index (χ0) is 12.7. The van der Waals surface area contributed by atoms with E-state index in [0.29, 0.717) is 25.3 Å². The summed E-state index contributed by atoms with van der Waals surface area (Å²) in [6, 6.07) is 0. The Bertz CT molecular complexity index is 428. The van der Waals surface area contributed by atoms with Gasteiger partial charge in [0, 0.05) is 6.42 Å². The van der Waals surface area contributed by atoms with Gasteiger partial charge < -0.3 is 10.2 Å². The molecular weight excluding hydrogens is 242 g/mol. The Morgan fingerprint density at radius 3 is 2.82 bits per heavy atom. The lowest BCUT2D eigenvalue weighted by Crippen LogP contribution is -2.26. The molecule has 7 heteroatoms. The second-order valence-corrected chi connectivity index (χ2v) is 5.64. The van der Waals surface area contributed by atoms with Crippen molar-refractivity contribution in [1.82, 2.24) is 9.71 Å². The second-order valence-electron chi connectivity index (χ2n) is 3.71. The predicted molar refractivity (Wildman–Crippen MR) is 64.8 cm³/mol. The Morgan fingerprint density at radius 1 is 1.47 bits per heavy atom. The minimum absolute atomic E-state index is 0.0888. The van der Waals surface area contributed by atoms with Crippen LogP contribution in [0.3, 0.4) is 0 Å². The first-order valence-electron chi connectivity index (χ1n) is 5.68. The highest BCUT2D eigenvalue weighted by Gasteiger charge is 2.11. The molecule has 1 heterocycles. The number of nitrogens with two attached hydrogens (primary N) is 1. The van der Waals surface area contributed by atoms with Crippen molar-refractivity contribution in [3.05, 3.63) is 17.8 Å². The lowest BCUT2D eigenvalue weighted by atomic mass is 10.3. The number of unbranched alkanes of at least 4 members (excludes halogenated alkanes) is 1. The van der Waals surface area contributed by atoms with E-state index in [1.807, 2.05) is 6.92 Å². The smallest absolute Gasteiger partial charge is 0.212 e. The molecule has 0 aliphatic rings. The van der Waals surface area contributed by atoms with Gasteiger partial charge in [-0.25, -0.2) is 18.1 Å². The third-order valence-corrected chi connectivity index (χ3v) is 3.67. The predicted octanol–water partition coefficient (Wildman–Crippen LogP) is 0.395. The Morgan fingerprint density at radius 2 is 2.24 bits per heavy atom. The van der Waals surface area contributed by atoms with Gasteiger partial charge in [-0.1, -0.05) is 6.92 Å². The third-order valence-electron chi connectivity index (χ3n) is 2.26. The van der Waals surface area contributed by atoms with Crippen LogP contribution in [0.4, 0.5) is 0 Å². The zero-order valence-corrected chi connectivity index (χ0v) is 10.8. The van der Waals surface area contributed by atoms with Gasteiger partial charge in [-0.3, -0.25) is 0 Å². The first kappa shape index (κ1) is 14.1. The van der Waals surface area contributed by atoms with E-state index in [1.54, 1.807) is 6.20 Å². The molecule has 0 amide bonds. The largest absolute Gasteiger partial charge is 0.444 e. The van der Waals surface area contributed by atoms with Crippen molar-refractivity contribution in [1.29, 1.82) is 0 Å². The van der Waals surface area contributed by atoms with E-state index in [1.165, 1.54) is 0 Å². The lowest BCUT2D eigenvalue weighted by Gasteiger charge is -2.03. The van der Waals surface area contributed by atoms with Crippen molar-refractivity contribution in [2.24, 2.45) is 5.73 Å². The molecular formula is C10H19N3O3S. The van der Waals surface area contributed by atoms with Crippen molar-refractivity contribution >= 4 is 10.0 Å². The van der Waals surface area contributed by atoms with Crippen LogP contribution >= 0.6 is 0 Å². The summed E-state index contributed by atoms with van der Waals surface area (Å²) in [5.41, 5.74) is 5.30. The number of sulfonamides is 1. The quantitative estimate of drug-likeness (QED) is 0.660. The highest BCUT2D eigenvalue weighted by molar-refractivity contribution is 7.89. The molecule has 0 atom stereocenters. The van der Waals surface area contributed by atoms with Crippen LogP contribution in [0, 0.1) is 0 Å². The molecule has 0 radical (unpaired) electrons. The van der Waals surface area contributed by atoms with Gasteiger partial charge in [0.2, 0.25) is 15.9 Å². The van der Waals surface area contributed by atoms with Crippen LogP contribution in [0.5, 0.6) is 0 Å². The van der Waals surface area contributed by atoms with Crippen LogP contribution in [-0.4, -0.2) is 25.7 Å². The van der Waals surface area contributed by atoms with Crippen molar-refractivity contribution in [2.45, 2.75) is 32.7 Å². The average molecular weight is 261 g/mol. The highest BCUT2D eigenvalue weighted by atomic mass is 32.2. The first-order valence-corrected chi connectivity index (χ1v) is 7.33. The zero-order valence-electron chi connectivity index (χ0n) is 9.98. The summed E-state index contributed by atoms with van der Waals surface area (Å²) in [4.78, 5) is 3.97. The maximum atomic E-state index is 11.5. The fourth-order valence-corrected chi connectivity index (χ4v) is 2.35. The van der Waals surface area contributed by atoms with Crippen LogP contribution in [0.2, 0.25) is 0 Å². The Labute approximate surface area is 102 Å². The first-order chi connectivity index (χ1) is 8.07. The summed E-state index contributed by atoms with van der Waals surface area (Å²) < 4.78 is 30.8. The molecule has 3 N–H and O–H groups in total. The van der Waals surface area contributed by atoms with E-state index in [2.05, 4.69) is 9.71 Å². The molecule has 0 spiro atoms. The molecule has 0 bridgehead atoms. The van der Waals surface area contributed by atoms with E-state index >= 15 is 0 Å².